The number of carboxylic acid groups (broad SMARTS) is 1. The van der Waals surface area contributed by atoms with Gasteiger partial charge in [-0.1, -0.05) is 38.5 Å². The molecule has 3 N–H and O–H groups in total. The molecule has 8 nitrogen and oxygen atoms in total. The van der Waals surface area contributed by atoms with Crippen molar-refractivity contribution in [3.05, 3.63) is 36.0 Å². The monoisotopic (exact) mass is 431 g/mol. The molecule has 170 valence electrons. The van der Waals surface area contributed by atoms with Crippen molar-refractivity contribution < 1.29 is 24.2 Å². The summed E-state index contributed by atoms with van der Waals surface area (Å²) in [5, 5.41) is 15.9. The average Bonchev–Trinajstić information content (AvgIpc) is 2.99. The zero-order valence-electron chi connectivity index (χ0n) is 19.1. The standard InChI is InChI=1S/C23H33N3O5/c1-7-14(2)19(25-22(30)31-23(3,4)5)20(27)24-17(21(28)29)12-15-13-26(6)18-11-9-8-10-16(15)18/h8-11,13-14,17,19H,7,12H2,1-6H3,(H,24,27)(H,25,30)(H,28,29)/t14?,17-,19+/m1/s1. The number of benzene rings is 1. The van der Waals surface area contributed by atoms with Crippen molar-refractivity contribution in [1.82, 2.24) is 15.2 Å². The van der Waals surface area contributed by atoms with Crippen LogP contribution < -0.4 is 10.6 Å². The number of aliphatic carboxylic acids is 1. The Balaban J connectivity index is 2.19. The number of para-hydroxylation sites is 1. The molecule has 0 aliphatic rings. The van der Waals surface area contributed by atoms with Crippen LogP contribution in [0.4, 0.5) is 4.79 Å². The van der Waals surface area contributed by atoms with Crippen LogP contribution in [0.25, 0.3) is 10.9 Å². The van der Waals surface area contributed by atoms with Crippen molar-refractivity contribution in [3.8, 4) is 0 Å². The molecule has 0 bridgehead atoms. The summed E-state index contributed by atoms with van der Waals surface area (Å²) in [6, 6.07) is 5.65. The Morgan fingerprint density at radius 1 is 1.16 bits per heavy atom. The number of carbonyl (C=O) groups is 3. The molecule has 2 rings (SSSR count). The van der Waals surface area contributed by atoms with E-state index in [1.807, 2.05) is 55.9 Å². The first-order valence-corrected chi connectivity index (χ1v) is 10.5. The minimum absolute atomic E-state index is 0.127. The van der Waals surface area contributed by atoms with E-state index in [0.717, 1.165) is 16.5 Å². The third-order valence-electron chi connectivity index (χ3n) is 5.19. The van der Waals surface area contributed by atoms with E-state index in [0.29, 0.717) is 6.42 Å². The van der Waals surface area contributed by atoms with Gasteiger partial charge in [-0.15, -0.1) is 0 Å². The van der Waals surface area contributed by atoms with Crippen LogP contribution in [0.5, 0.6) is 0 Å². The van der Waals surface area contributed by atoms with E-state index >= 15 is 0 Å². The first kappa shape index (κ1) is 24.2. The first-order chi connectivity index (χ1) is 14.4. The third-order valence-corrected chi connectivity index (χ3v) is 5.19. The minimum atomic E-state index is -1.14. The van der Waals surface area contributed by atoms with E-state index in [2.05, 4.69) is 10.6 Å². The molecule has 0 saturated heterocycles. The number of nitrogens with one attached hydrogen (secondary N) is 2. The van der Waals surface area contributed by atoms with Gasteiger partial charge < -0.3 is 25.0 Å². The molecule has 0 spiro atoms. The van der Waals surface area contributed by atoms with Crippen molar-refractivity contribution in [2.45, 2.75) is 65.1 Å². The highest BCUT2D eigenvalue weighted by Crippen LogP contribution is 2.22. The lowest BCUT2D eigenvalue weighted by atomic mass is 9.97. The minimum Gasteiger partial charge on any atom is -0.480 e. The molecule has 2 amide bonds. The van der Waals surface area contributed by atoms with Gasteiger partial charge in [-0.3, -0.25) is 4.79 Å². The van der Waals surface area contributed by atoms with Crippen LogP contribution in [0.2, 0.25) is 0 Å². The molecule has 31 heavy (non-hydrogen) atoms. The van der Waals surface area contributed by atoms with Crippen LogP contribution in [-0.2, 0) is 27.8 Å². The number of hydrogen-bond donors (Lipinski definition) is 3. The molecule has 0 aliphatic carbocycles. The number of amides is 2. The van der Waals surface area contributed by atoms with Crippen LogP contribution in [0.1, 0.15) is 46.6 Å². The van der Waals surface area contributed by atoms with Gasteiger partial charge in [-0.05, 0) is 38.3 Å². The molecule has 1 aromatic heterocycles. The molecule has 0 saturated carbocycles. The van der Waals surface area contributed by atoms with E-state index in [4.69, 9.17) is 4.74 Å². The Labute approximate surface area is 182 Å². The number of aryl methyl sites for hydroxylation is 1. The zero-order chi connectivity index (χ0) is 23.3. The van der Waals surface area contributed by atoms with Crippen LogP contribution in [0.3, 0.4) is 0 Å². The molecular formula is C23H33N3O5. The van der Waals surface area contributed by atoms with E-state index in [1.165, 1.54) is 0 Å². The number of fused-ring (bicyclic) bond motifs is 1. The topological polar surface area (TPSA) is 110 Å². The summed E-state index contributed by atoms with van der Waals surface area (Å²) >= 11 is 0. The van der Waals surface area contributed by atoms with Gasteiger partial charge in [0.2, 0.25) is 5.91 Å². The van der Waals surface area contributed by atoms with Crippen LogP contribution >= 0.6 is 0 Å². The summed E-state index contributed by atoms with van der Waals surface area (Å²) in [6.07, 6.45) is 1.91. The lowest BCUT2D eigenvalue weighted by Gasteiger charge is -2.27. The molecule has 0 aliphatic heterocycles. The smallest absolute Gasteiger partial charge is 0.408 e. The maximum absolute atomic E-state index is 13.0. The first-order valence-electron chi connectivity index (χ1n) is 10.5. The lowest BCUT2D eigenvalue weighted by Crippen LogP contribution is -2.55. The Morgan fingerprint density at radius 3 is 2.39 bits per heavy atom. The van der Waals surface area contributed by atoms with E-state index in [1.54, 1.807) is 20.8 Å². The van der Waals surface area contributed by atoms with Gasteiger partial charge in [-0.25, -0.2) is 9.59 Å². The van der Waals surface area contributed by atoms with Gasteiger partial charge in [0.15, 0.2) is 0 Å². The molecule has 3 atom stereocenters. The number of rotatable bonds is 8. The Kier molecular flexibility index (Phi) is 7.70. The molecule has 0 radical (unpaired) electrons. The fraction of sp³-hybridized carbons (Fsp3) is 0.522. The van der Waals surface area contributed by atoms with Crippen LogP contribution in [-0.4, -0.2) is 45.3 Å². The number of nitrogens with zero attached hydrogens (tertiary/aromatic N) is 1. The highest BCUT2D eigenvalue weighted by Gasteiger charge is 2.31. The number of carbonyl (C=O) groups excluding carboxylic acids is 2. The molecule has 1 unspecified atom stereocenters. The second-order valence-electron chi connectivity index (χ2n) is 8.90. The zero-order valence-corrected chi connectivity index (χ0v) is 19.1. The van der Waals surface area contributed by atoms with E-state index in [9.17, 15) is 19.5 Å². The Bertz CT molecular complexity index is 944. The van der Waals surface area contributed by atoms with Gasteiger partial charge in [-0.2, -0.15) is 0 Å². The van der Waals surface area contributed by atoms with Crippen LogP contribution in [0, 0.1) is 5.92 Å². The second kappa shape index (κ2) is 9.85. The van der Waals surface area contributed by atoms with Crippen molar-refractivity contribution in [3.63, 3.8) is 0 Å². The molecule has 1 aromatic carbocycles. The number of carboxylic acids is 1. The van der Waals surface area contributed by atoms with Crippen molar-refractivity contribution in [2.75, 3.05) is 0 Å². The number of ether oxygens (including phenoxy) is 1. The lowest BCUT2D eigenvalue weighted by molar-refractivity contribution is -0.142. The number of alkyl carbamates (subject to hydrolysis) is 1. The van der Waals surface area contributed by atoms with E-state index in [-0.39, 0.29) is 12.3 Å². The predicted molar refractivity (Wildman–Crippen MR) is 119 cm³/mol. The van der Waals surface area contributed by atoms with Gasteiger partial charge in [0.05, 0.1) is 0 Å². The molecule has 0 fully saturated rings. The van der Waals surface area contributed by atoms with Crippen molar-refractivity contribution >= 4 is 28.9 Å². The molecule has 2 aromatic rings. The predicted octanol–water partition coefficient (Wildman–Crippen LogP) is 3.23. The number of aromatic nitrogens is 1. The van der Waals surface area contributed by atoms with Gasteiger partial charge in [0, 0.05) is 30.6 Å². The van der Waals surface area contributed by atoms with Gasteiger partial charge in [0.25, 0.3) is 0 Å². The van der Waals surface area contributed by atoms with Crippen molar-refractivity contribution in [1.29, 1.82) is 0 Å². The summed E-state index contributed by atoms with van der Waals surface area (Å²) in [5.41, 5.74) is 1.10. The Hall–Kier alpha value is -3.03. The maximum atomic E-state index is 13.0. The quantitative estimate of drug-likeness (QED) is 0.594. The largest absolute Gasteiger partial charge is 0.480 e. The molecule has 8 heteroatoms. The summed E-state index contributed by atoms with van der Waals surface area (Å²) in [4.78, 5) is 37.1. The maximum Gasteiger partial charge on any atom is 0.408 e. The number of hydrogen-bond acceptors (Lipinski definition) is 4. The third kappa shape index (κ3) is 6.47. The average molecular weight is 432 g/mol. The highest BCUT2D eigenvalue weighted by atomic mass is 16.6. The van der Waals surface area contributed by atoms with Gasteiger partial charge in [0.1, 0.15) is 17.7 Å². The van der Waals surface area contributed by atoms with Gasteiger partial charge >= 0.3 is 12.1 Å². The highest BCUT2D eigenvalue weighted by molar-refractivity contribution is 5.90. The summed E-state index contributed by atoms with van der Waals surface area (Å²) in [6.45, 7) is 8.91. The SMILES string of the molecule is CCC(C)[C@H](NC(=O)OC(C)(C)C)C(=O)N[C@H](Cc1cn(C)c2ccccc12)C(=O)O. The fourth-order valence-corrected chi connectivity index (χ4v) is 3.41. The van der Waals surface area contributed by atoms with Crippen LogP contribution in [0.15, 0.2) is 30.5 Å². The molecule has 1 heterocycles. The second-order valence-corrected chi connectivity index (χ2v) is 8.90. The summed E-state index contributed by atoms with van der Waals surface area (Å²) in [5.74, 6) is -1.89. The summed E-state index contributed by atoms with van der Waals surface area (Å²) in [7, 11) is 1.89. The summed E-state index contributed by atoms with van der Waals surface area (Å²) < 4.78 is 7.19. The van der Waals surface area contributed by atoms with Crippen molar-refractivity contribution in [2.24, 2.45) is 13.0 Å². The van der Waals surface area contributed by atoms with E-state index < -0.39 is 35.7 Å². The Morgan fingerprint density at radius 2 is 1.81 bits per heavy atom. The normalized spacial score (nSPS) is 14.5. The fourth-order valence-electron chi connectivity index (χ4n) is 3.41. The molecular weight excluding hydrogens is 398 g/mol.